The van der Waals surface area contributed by atoms with E-state index >= 15 is 0 Å². The number of ether oxygens (including phenoxy) is 1. The molecular weight excluding hydrogens is 577 g/mol. The van der Waals surface area contributed by atoms with E-state index in [0.717, 1.165) is 0 Å². The number of esters is 1. The number of fused-ring (bicyclic) bond motifs is 1. The van der Waals surface area contributed by atoms with E-state index in [-0.39, 0.29) is 53.5 Å². The molecule has 12 heteroatoms. The Morgan fingerprint density at radius 2 is 1.86 bits per heavy atom. The van der Waals surface area contributed by atoms with E-state index in [1.54, 1.807) is 43.3 Å². The Morgan fingerprint density at radius 1 is 1.14 bits per heavy atom. The maximum absolute atomic E-state index is 15.0. The summed E-state index contributed by atoms with van der Waals surface area (Å²) < 4.78 is 21.3. The molecule has 1 N–H and O–H groups in total. The molecule has 0 radical (unpaired) electrons. The zero-order valence-corrected chi connectivity index (χ0v) is 25.1. The summed E-state index contributed by atoms with van der Waals surface area (Å²) in [7, 11) is 1.30. The first-order valence-corrected chi connectivity index (χ1v) is 14.2. The van der Waals surface area contributed by atoms with Gasteiger partial charge in [0.15, 0.2) is 5.65 Å². The monoisotopic (exact) mass is 607 g/mol. The number of carboxylic acid groups (broad SMARTS) is 1. The first-order valence-electron chi connectivity index (χ1n) is 13.8. The Balaban J connectivity index is 1.85. The molecule has 4 aromatic rings. The highest BCUT2D eigenvalue weighted by Gasteiger charge is 2.31. The third-order valence-corrected chi connectivity index (χ3v) is 7.99. The van der Waals surface area contributed by atoms with Gasteiger partial charge in [-0.1, -0.05) is 37.6 Å². The van der Waals surface area contributed by atoms with Gasteiger partial charge in [-0.2, -0.15) is 4.98 Å². The van der Waals surface area contributed by atoms with Crippen LogP contribution in [0.2, 0.25) is 5.02 Å². The fourth-order valence-corrected chi connectivity index (χ4v) is 5.86. The van der Waals surface area contributed by atoms with Gasteiger partial charge in [0.05, 0.1) is 34.5 Å². The molecule has 0 bridgehead atoms. The second-order valence-corrected chi connectivity index (χ2v) is 11.3. The molecule has 2 aromatic heterocycles. The maximum atomic E-state index is 15.0. The molecule has 43 heavy (non-hydrogen) atoms. The predicted octanol–water partition coefficient (Wildman–Crippen LogP) is 5.65. The number of carbonyl (C=O) groups is 2. The number of aromatic nitrogens is 3. The topological polar surface area (TPSA) is 118 Å². The van der Waals surface area contributed by atoms with Crippen molar-refractivity contribution in [3.63, 3.8) is 0 Å². The second kappa shape index (κ2) is 11.6. The maximum Gasteiger partial charge on any atom is 0.407 e. The highest BCUT2D eigenvalue weighted by molar-refractivity contribution is 6.33. The van der Waals surface area contributed by atoms with E-state index in [1.807, 2.05) is 25.7 Å². The highest BCUT2D eigenvalue weighted by Crippen LogP contribution is 2.37. The zero-order chi connectivity index (χ0) is 31.2. The molecule has 0 spiro atoms. The van der Waals surface area contributed by atoms with Crippen molar-refractivity contribution in [2.45, 2.75) is 39.7 Å². The Hall–Kier alpha value is -4.51. The van der Waals surface area contributed by atoms with Gasteiger partial charge in [0, 0.05) is 31.2 Å². The molecule has 1 amide bonds. The number of pyridine rings is 1. The zero-order valence-electron chi connectivity index (χ0n) is 24.4. The van der Waals surface area contributed by atoms with Crippen molar-refractivity contribution in [2.75, 3.05) is 31.6 Å². The number of carbonyl (C=O) groups excluding carboxylic acids is 1. The Morgan fingerprint density at radius 3 is 2.49 bits per heavy atom. The van der Waals surface area contributed by atoms with Gasteiger partial charge in [0.25, 0.3) is 0 Å². The molecule has 2 aromatic carbocycles. The van der Waals surface area contributed by atoms with E-state index in [9.17, 15) is 23.9 Å². The lowest BCUT2D eigenvalue weighted by Gasteiger charge is -2.39. The van der Waals surface area contributed by atoms with Crippen LogP contribution in [0, 0.1) is 12.7 Å². The molecule has 0 saturated carbocycles. The van der Waals surface area contributed by atoms with Gasteiger partial charge < -0.3 is 19.6 Å². The molecule has 1 fully saturated rings. The van der Waals surface area contributed by atoms with Gasteiger partial charge in [-0.15, -0.1) is 0 Å². The SMILES string of the molecule is COC(=O)c1cc(C)c(-n2c(=O)nc(N3CCN(C(=O)O)C[C@@H]3C)c3cc(Cl)c(-c4ccccc4F)nc32)c(C(C)C)c1. The minimum Gasteiger partial charge on any atom is -0.465 e. The van der Waals surface area contributed by atoms with E-state index < -0.39 is 23.6 Å². The van der Waals surface area contributed by atoms with E-state index in [0.29, 0.717) is 33.6 Å². The summed E-state index contributed by atoms with van der Waals surface area (Å²) in [6, 6.07) is 10.7. The lowest BCUT2D eigenvalue weighted by Crippen LogP contribution is -2.54. The first kappa shape index (κ1) is 30.0. The third-order valence-electron chi connectivity index (χ3n) is 7.70. The quantitative estimate of drug-likeness (QED) is 0.289. The van der Waals surface area contributed by atoms with Crippen LogP contribution in [0.5, 0.6) is 0 Å². The number of hydrogen-bond acceptors (Lipinski definition) is 7. The van der Waals surface area contributed by atoms with Crippen molar-refractivity contribution < 1.29 is 23.8 Å². The summed E-state index contributed by atoms with van der Waals surface area (Å²) >= 11 is 6.74. The van der Waals surface area contributed by atoms with Crippen LogP contribution in [0.1, 0.15) is 48.2 Å². The Kier molecular flexibility index (Phi) is 8.11. The average Bonchev–Trinajstić information content (AvgIpc) is 2.96. The van der Waals surface area contributed by atoms with Crippen LogP contribution in [0.4, 0.5) is 15.0 Å². The standard InChI is InChI=1S/C31H31ClFN5O5/c1-16(2)21-13-19(29(39)43-5)12-17(3)26(21)38-28-22(14-23(32)25(34-28)20-8-6-7-9-24(20)33)27(35-30(38)40)37-11-10-36(31(41)42)15-18(37)4/h6-9,12-14,16,18H,10-11,15H2,1-5H3,(H,41,42)/t18-/m0/s1. The van der Waals surface area contributed by atoms with E-state index in [2.05, 4.69) is 4.98 Å². The summed E-state index contributed by atoms with van der Waals surface area (Å²) in [6.07, 6.45) is -1.02. The van der Waals surface area contributed by atoms with E-state index in [1.165, 1.54) is 22.6 Å². The summed E-state index contributed by atoms with van der Waals surface area (Å²) in [4.78, 5) is 50.6. The van der Waals surface area contributed by atoms with Crippen molar-refractivity contribution in [3.05, 3.63) is 80.5 Å². The molecule has 3 heterocycles. The minimum atomic E-state index is -1.02. The number of aryl methyl sites for hydroxylation is 1. The van der Waals surface area contributed by atoms with Gasteiger partial charge in [0.2, 0.25) is 0 Å². The van der Waals surface area contributed by atoms with Gasteiger partial charge in [0.1, 0.15) is 11.6 Å². The van der Waals surface area contributed by atoms with Crippen molar-refractivity contribution in [1.29, 1.82) is 0 Å². The minimum absolute atomic E-state index is 0.123. The molecule has 5 rings (SSSR count). The lowest BCUT2D eigenvalue weighted by molar-refractivity contribution is 0.0600. The van der Waals surface area contributed by atoms with Crippen LogP contribution >= 0.6 is 11.6 Å². The summed E-state index contributed by atoms with van der Waals surface area (Å²) in [6.45, 7) is 8.22. The molecule has 0 aliphatic carbocycles. The van der Waals surface area contributed by atoms with Crippen molar-refractivity contribution in [1.82, 2.24) is 19.4 Å². The lowest BCUT2D eigenvalue weighted by atomic mass is 9.95. The van der Waals surface area contributed by atoms with Gasteiger partial charge in [-0.05, 0) is 61.2 Å². The number of piperazine rings is 1. The fourth-order valence-electron chi connectivity index (χ4n) is 5.60. The van der Waals surface area contributed by atoms with Crippen molar-refractivity contribution in [2.24, 2.45) is 0 Å². The molecule has 1 aliphatic rings. The number of nitrogens with zero attached hydrogens (tertiary/aromatic N) is 5. The first-order chi connectivity index (χ1) is 20.4. The van der Waals surface area contributed by atoms with Crippen molar-refractivity contribution >= 4 is 40.5 Å². The second-order valence-electron chi connectivity index (χ2n) is 10.9. The normalized spacial score (nSPS) is 15.3. The van der Waals surface area contributed by atoms with Crippen LogP contribution in [-0.4, -0.2) is 69.4 Å². The number of anilines is 1. The molecule has 0 unspecified atom stereocenters. The predicted molar refractivity (Wildman–Crippen MR) is 162 cm³/mol. The Labute approximate surface area is 252 Å². The van der Waals surface area contributed by atoms with Crippen molar-refractivity contribution in [3.8, 4) is 16.9 Å². The number of rotatable bonds is 5. The molecule has 1 saturated heterocycles. The van der Waals surface area contributed by atoms with Crippen LogP contribution < -0.4 is 10.6 Å². The smallest absolute Gasteiger partial charge is 0.407 e. The van der Waals surface area contributed by atoms with Crippen LogP contribution in [0.3, 0.4) is 0 Å². The third kappa shape index (κ3) is 5.40. The fraction of sp³-hybridized carbons (Fsp3) is 0.323. The van der Waals surface area contributed by atoms with Crippen LogP contribution in [0.15, 0.2) is 47.3 Å². The average molecular weight is 608 g/mol. The van der Waals surface area contributed by atoms with Gasteiger partial charge in [-0.25, -0.2) is 28.3 Å². The van der Waals surface area contributed by atoms with Gasteiger partial charge in [-0.3, -0.25) is 0 Å². The summed E-state index contributed by atoms with van der Waals surface area (Å²) in [5.74, 6) is -0.858. The summed E-state index contributed by atoms with van der Waals surface area (Å²) in [5.41, 5.74) is 2.00. The molecule has 10 nitrogen and oxygen atoms in total. The summed E-state index contributed by atoms with van der Waals surface area (Å²) in [5, 5.41) is 10.1. The molecule has 1 aliphatic heterocycles. The molecule has 224 valence electrons. The molecule has 1 atom stereocenters. The number of benzene rings is 2. The largest absolute Gasteiger partial charge is 0.465 e. The van der Waals surface area contributed by atoms with Crippen LogP contribution in [0.25, 0.3) is 28.0 Å². The highest BCUT2D eigenvalue weighted by atomic mass is 35.5. The van der Waals surface area contributed by atoms with Gasteiger partial charge >= 0.3 is 17.8 Å². The van der Waals surface area contributed by atoms with Crippen LogP contribution in [-0.2, 0) is 4.74 Å². The number of halogens is 2. The number of methoxy groups -OCH3 is 1. The van der Waals surface area contributed by atoms with E-state index in [4.69, 9.17) is 21.3 Å². The molecular formula is C31H31ClFN5O5. The Bertz CT molecular complexity index is 1830. The number of hydrogen-bond donors (Lipinski definition) is 1. The number of amides is 1.